The van der Waals surface area contributed by atoms with Gasteiger partial charge in [0.1, 0.15) is 0 Å². The number of hydrogen-bond donors (Lipinski definition) is 2. The van der Waals surface area contributed by atoms with E-state index < -0.39 is 0 Å². The molecule has 4 heteroatoms. The van der Waals surface area contributed by atoms with Crippen molar-refractivity contribution in [1.82, 2.24) is 15.3 Å². The lowest BCUT2D eigenvalue weighted by atomic mass is 10.1. The van der Waals surface area contributed by atoms with Crippen LogP contribution in [0.25, 0.3) is 0 Å². The van der Waals surface area contributed by atoms with Gasteiger partial charge in [0, 0.05) is 18.3 Å². The average molecular weight is 211 g/mol. The van der Waals surface area contributed by atoms with Crippen LogP contribution in [-0.4, -0.2) is 27.5 Å². The van der Waals surface area contributed by atoms with E-state index in [1.807, 2.05) is 0 Å². The molecule has 2 rings (SSSR count). The smallest absolute Gasteiger partial charge is 0.0925 e. The van der Waals surface area contributed by atoms with Gasteiger partial charge in [-0.05, 0) is 31.3 Å². The van der Waals surface area contributed by atoms with Crippen LogP contribution in [0.4, 0.5) is 0 Å². The topological polar surface area (TPSA) is 40.7 Å². The Hall–Kier alpha value is -0.480. The standard InChI is InChI=1S/C10H17N3S/c1-8-10(13-7-12-8)6-11-9-2-4-14-5-3-9/h7,9,11H,2-6H2,1H3,(H,12,13). The lowest BCUT2D eigenvalue weighted by Gasteiger charge is -2.22. The van der Waals surface area contributed by atoms with Gasteiger partial charge in [-0.1, -0.05) is 0 Å². The molecule has 1 aliphatic heterocycles. The van der Waals surface area contributed by atoms with Gasteiger partial charge in [-0.25, -0.2) is 4.98 Å². The van der Waals surface area contributed by atoms with Crippen LogP contribution in [0, 0.1) is 6.92 Å². The average Bonchev–Trinajstić information content (AvgIpc) is 2.63. The largest absolute Gasteiger partial charge is 0.348 e. The van der Waals surface area contributed by atoms with E-state index in [1.165, 1.54) is 30.0 Å². The van der Waals surface area contributed by atoms with Gasteiger partial charge in [-0.2, -0.15) is 11.8 Å². The Kier molecular flexibility index (Phi) is 3.48. The molecule has 0 atom stereocenters. The molecule has 0 spiro atoms. The van der Waals surface area contributed by atoms with Gasteiger partial charge >= 0.3 is 0 Å². The molecule has 1 aromatic rings. The van der Waals surface area contributed by atoms with E-state index in [1.54, 1.807) is 6.33 Å². The molecule has 3 nitrogen and oxygen atoms in total. The van der Waals surface area contributed by atoms with Crippen LogP contribution in [0.2, 0.25) is 0 Å². The molecule has 1 aliphatic rings. The maximum atomic E-state index is 4.28. The summed E-state index contributed by atoms with van der Waals surface area (Å²) < 4.78 is 0. The molecular weight excluding hydrogens is 194 g/mol. The first kappa shape index (κ1) is 10.1. The van der Waals surface area contributed by atoms with E-state index in [-0.39, 0.29) is 0 Å². The summed E-state index contributed by atoms with van der Waals surface area (Å²) in [4.78, 5) is 7.38. The van der Waals surface area contributed by atoms with Gasteiger partial charge in [-0.15, -0.1) is 0 Å². The van der Waals surface area contributed by atoms with E-state index >= 15 is 0 Å². The van der Waals surface area contributed by atoms with Crippen molar-refractivity contribution in [1.29, 1.82) is 0 Å². The molecule has 14 heavy (non-hydrogen) atoms. The minimum Gasteiger partial charge on any atom is -0.348 e. The first-order chi connectivity index (χ1) is 6.86. The van der Waals surface area contributed by atoms with Crippen LogP contribution in [-0.2, 0) is 6.54 Å². The van der Waals surface area contributed by atoms with Gasteiger partial charge in [0.05, 0.1) is 12.0 Å². The number of imidazole rings is 1. The lowest BCUT2D eigenvalue weighted by Crippen LogP contribution is -2.32. The molecule has 0 bridgehead atoms. The maximum Gasteiger partial charge on any atom is 0.0925 e. The Morgan fingerprint density at radius 3 is 3.00 bits per heavy atom. The fraction of sp³-hybridized carbons (Fsp3) is 0.700. The Balaban J connectivity index is 1.79. The molecule has 1 fully saturated rings. The van der Waals surface area contributed by atoms with E-state index in [0.29, 0.717) is 6.04 Å². The molecule has 2 heterocycles. The van der Waals surface area contributed by atoms with Crippen LogP contribution in [0.3, 0.4) is 0 Å². The maximum absolute atomic E-state index is 4.28. The number of aromatic nitrogens is 2. The summed E-state index contributed by atoms with van der Waals surface area (Å²) in [5.41, 5.74) is 2.34. The number of aryl methyl sites for hydroxylation is 1. The summed E-state index contributed by atoms with van der Waals surface area (Å²) in [6.45, 7) is 2.98. The minimum absolute atomic E-state index is 0.701. The van der Waals surface area contributed by atoms with Crippen molar-refractivity contribution in [3.63, 3.8) is 0 Å². The molecule has 0 aromatic carbocycles. The molecule has 0 saturated carbocycles. The zero-order chi connectivity index (χ0) is 9.80. The molecule has 1 aromatic heterocycles. The van der Waals surface area contributed by atoms with Gasteiger partial charge < -0.3 is 10.3 Å². The minimum atomic E-state index is 0.701. The van der Waals surface area contributed by atoms with Crippen LogP contribution in [0.5, 0.6) is 0 Å². The Labute approximate surface area is 89.1 Å². The molecule has 0 unspecified atom stereocenters. The summed E-state index contributed by atoms with van der Waals surface area (Å²) in [5.74, 6) is 2.61. The highest BCUT2D eigenvalue weighted by Gasteiger charge is 2.13. The molecule has 0 radical (unpaired) electrons. The normalized spacial score (nSPS) is 18.6. The third-order valence-electron chi connectivity index (χ3n) is 2.71. The van der Waals surface area contributed by atoms with Crippen molar-refractivity contribution in [2.45, 2.75) is 32.4 Å². The lowest BCUT2D eigenvalue weighted by molar-refractivity contribution is 0.478. The fourth-order valence-corrected chi connectivity index (χ4v) is 2.81. The zero-order valence-corrected chi connectivity index (χ0v) is 9.36. The predicted octanol–water partition coefficient (Wildman–Crippen LogP) is 1.70. The zero-order valence-electron chi connectivity index (χ0n) is 8.55. The highest BCUT2D eigenvalue weighted by atomic mass is 32.2. The monoisotopic (exact) mass is 211 g/mol. The van der Waals surface area contributed by atoms with E-state index in [4.69, 9.17) is 0 Å². The summed E-state index contributed by atoms with van der Waals surface area (Å²) in [6.07, 6.45) is 4.37. The number of nitrogens with zero attached hydrogens (tertiary/aromatic N) is 1. The molecular formula is C10H17N3S. The second kappa shape index (κ2) is 4.84. The molecule has 2 N–H and O–H groups in total. The SMILES string of the molecule is Cc1[nH]cnc1CNC1CCSCC1. The number of aromatic amines is 1. The third-order valence-corrected chi connectivity index (χ3v) is 3.76. The number of rotatable bonds is 3. The van der Waals surface area contributed by atoms with Gasteiger partial charge in [0.2, 0.25) is 0 Å². The number of thioether (sulfide) groups is 1. The van der Waals surface area contributed by atoms with E-state index in [2.05, 4.69) is 34.0 Å². The van der Waals surface area contributed by atoms with E-state index in [0.717, 1.165) is 12.2 Å². The Morgan fingerprint density at radius 2 is 2.36 bits per heavy atom. The molecule has 78 valence electrons. The predicted molar refractivity (Wildman–Crippen MR) is 60.5 cm³/mol. The van der Waals surface area contributed by atoms with Crippen molar-refractivity contribution in [2.24, 2.45) is 0 Å². The summed E-state index contributed by atoms with van der Waals surface area (Å²) in [6, 6.07) is 0.701. The quantitative estimate of drug-likeness (QED) is 0.799. The number of hydrogen-bond acceptors (Lipinski definition) is 3. The van der Waals surface area contributed by atoms with Crippen LogP contribution in [0.15, 0.2) is 6.33 Å². The molecule has 0 aliphatic carbocycles. The van der Waals surface area contributed by atoms with Crippen molar-refractivity contribution in [3.8, 4) is 0 Å². The van der Waals surface area contributed by atoms with Crippen LogP contribution in [0.1, 0.15) is 24.2 Å². The van der Waals surface area contributed by atoms with Crippen molar-refractivity contribution < 1.29 is 0 Å². The Morgan fingerprint density at radius 1 is 1.57 bits per heavy atom. The van der Waals surface area contributed by atoms with Gasteiger partial charge in [0.25, 0.3) is 0 Å². The number of H-pyrrole nitrogens is 1. The van der Waals surface area contributed by atoms with Gasteiger partial charge in [0.15, 0.2) is 0 Å². The summed E-state index contributed by atoms with van der Waals surface area (Å²) in [7, 11) is 0. The Bertz CT molecular complexity index is 279. The summed E-state index contributed by atoms with van der Waals surface area (Å²) >= 11 is 2.06. The molecule has 0 amide bonds. The van der Waals surface area contributed by atoms with Gasteiger partial charge in [-0.3, -0.25) is 0 Å². The van der Waals surface area contributed by atoms with Crippen LogP contribution >= 0.6 is 11.8 Å². The van der Waals surface area contributed by atoms with Crippen molar-refractivity contribution in [2.75, 3.05) is 11.5 Å². The van der Waals surface area contributed by atoms with Crippen molar-refractivity contribution >= 4 is 11.8 Å². The summed E-state index contributed by atoms with van der Waals surface area (Å²) in [5, 5.41) is 3.57. The van der Waals surface area contributed by atoms with E-state index in [9.17, 15) is 0 Å². The molecule has 1 saturated heterocycles. The first-order valence-corrected chi connectivity index (χ1v) is 6.31. The second-order valence-electron chi connectivity index (χ2n) is 3.74. The van der Waals surface area contributed by atoms with Crippen molar-refractivity contribution in [3.05, 3.63) is 17.7 Å². The highest BCUT2D eigenvalue weighted by Crippen LogP contribution is 2.17. The first-order valence-electron chi connectivity index (χ1n) is 5.16. The fourth-order valence-electron chi connectivity index (χ4n) is 1.71. The number of nitrogens with one attached hydrogen (secondary N) is 2. The highest BCUT2D eigenvalue weighted by molar-refractivity contribution is 7.99. The second-order valence-corrected chi connectivity index (χ2v) is 4.97. The van der Waals surface area contributed by atoms with Crippen LogP contribution < -0.4 is 5.32 Å². The third kappa shape index (κ3) is 2.51.